The predicted molar refractivity (Wildman–Crippen MR) is 96.1 cm³/mol. The van der Waals surface area contributed by atoms with E-state index in [1.54, 1.807) is 0 Å². The van der Waals surface area contributed by atoms with E-state index in [9.17, 15) is 0 Å². The molecule has 1 fully saturated rings. The van der Waals surface area contributed by atoms with Crippen molar-refractivity contribution in [1.29, 1.82) is 0 Å². The summed E-state index contributed by atoms with van der Waals surface area (Å²) in [4.78, 5) is 0. The second-order valence-electron chi connectivity index (χ2n) is 6.55. The van der Waals surface area contributed by atoms with Gasteiger partial charge in [-0.2, -0.15) is 0 Å². The predicted octanol–water partition coefficient (Wildman–Crippen LogP) is 5.03. The highest BCUT2D eigenvalue weighted by atomic mass is 127. The van der Waals surface area contributed by atoms with Crippen LogP contribution in [0.3, 0.4) is 0 Å². The first-order valence-corrected chi connectivity index (χ1v) is 9.21. The van der Waals surface area contributed by atoms with Gasteiger partial charge in [0.05, 0.1) is 0 Å². The van der Waals surface area contributed by atoms with E-state index in [2.05, 4.69) is 66.0 Å². The van der Waals surface area contributed by atoms with Crippen LogP contribution in [0.25, 0.3) is 0 Å². The molecule has 1 N–H and O–H groups in total. The maximum atomic E-state index is 3.67. The van der Waals surface area contributed by atoms with Gasteiger partial charge in [-0.25, -0.2) is 0 Å². The van der Waals surface area contributed by atoms with E-state index in [1.165, 1.54) is 54.2 Å². The van der Waals surface area contributed by atoms with Crippen molar-refractivity contribution < 1.29 is 0 Å². The fourth-order valence-electron chi connectivity index (χ4n) is 3.31. The van der Waals surface area contributed by atoms with Gasteiger partial charge in [-0.15, -0.1) is 0 Å². The summed E-state index contributed by atoms with van der Waals surface area (Å²) >= 11 is 2.39. The summed E-state index contributed by atoms with van der Waals surface area (Å²) < 4.78 is 1.34. The SMILES string of the molecule is CC(C)NCC1CCCCCC1Cc1ccc(I)cc1. The van der Waals surface area contributed by atoms with Crippen LogP contribution in [0.5, 0.6) is 0 Å². The summed E-state index contributed by atoms with van der Waals surface area (Å²) in [5.41, 5.74) is 1.52. The molecule has 0 radical (unpaired) electrons. The summed E-state index contributed by atoms with van der Waals surface area (Å²) in [5, 5.41) is 3.67. The summed E-state index contributed by atoms with van der Waals surface area (Å²) in [6, 6.07) is 9.73. The van der Waals surface area contributed by atoms with Gasteiger partial charge in [0, 0.05) is 9.61 Å². The van der Waals surface area contributed by atoms with E-state index in [0.717, 1.165) is 11.8 Å². The maximum Gasteiger partial charge on any atom is 0.0130 e. The first-order valence-electron chi connectivity index (χ1n) is 8.13. The van der Waals surface area contributed by atoms with Crippen LogP contribution >= 0.6 is 22.6 Å². The normalized spacial score (nSPS) is 23.8. The minimum Gasteiger partial charge on any atom is -0.314 e. The Kier molecular flexibility index (Phi) is 6.82. The molecule has 0 aliphatic heterocycles. The van der Waals surface area contributed by atoms with Crippen LogP contribution < -0.4 is 5.32 Å². The molecule has 0 bridgehead atoms. The molecule has 1 nitrogen and oxygen atoms in total. The van der Waals surface area contributed by atoms with E-state index in [-0.39, 0.29) is 0 Å². The van der Waals surface area contributed by atoms with E-state index in [0.29, 0.717) is 6.04 Å². The van der Waals surface area contributed by atoms with Crippen molar-refractivity contribution in [2.24, 2.45) is 11.8 Å². The van der Waals surface area contributed by atoms with E-state index < -0.39 is 0 Å². The number of hydrogen-bond acceptors (Lipinski definition) is 1. The van der Waals surface area contributed by atoms with Gasteiger partial charge in [-0.05, 0) is 77.9 Å². The lowest BCUT2D eigenvalue weighted by atomic mass is 9.83. The topological polar surface area (TPSA) is 12.0 Å². The molecule has 1 saturated carbocycles. The van der Waals surface area contributed by atoms with Crippen LogP contribution in [-0.2, 0) is 6.42 Å². The Bertz CT molecular complexity index is 385. The van der Waals surface area contributed by atoms with E-state index in [4.69, 9.17) is 0 Å². The zero-order chi connectivity index (χ0) is 14.4. The number of benzene rings is 1. The van der Waals surface area contributed by atoms with Gasteiger partial charge < -0.3 is 5.32 Å². The highest BCUT2D eigenvalue weighted by Gasteiger charge is 2.23. The molecule has 0 saturated heterocycles. The molecule has 2 unspecified atom stereocenters. The fourth-order valence-corrected chi connectivity index (χ4v) is 3.67. The van der Waals surface area contributed by atoms with Gasteiger partial charge in [-0.3, -0.25) is 0 Å². The molecule has 20 heavy (non-hydrogen) atoms. The Hall–Kier alpha value is -0.0900. The number of rotatable bonds is 5. The van der Waals surface area contributed by atoms with Crippen molar-refractivity contribution in [1.82, 2.24) is 5.32 Å². The third kappa shape index (κ3) is 5.36. The van der Waals surface area contributed by atoms with Gasteiger partial charge in [0.25, 0.3) is 0 Å². The Morgan fingerprint density at radius 2 is 1.70 bits per heavy atom. The molecule has 0 amide bonds. The van der Waals surface area contributed by atoms with Crippen molar-refractivity contribution in [2.45, 2.75) is 58.4 Å². The van der Waals surface area contributed by atoms with Gasteiger partial charge >= 0.3 is 0 Å². The molecular formula is C18H28IN. The van der Waals surface area contributed by atoms with Gasteiger partial charge in [0.15, 0.2) is 0 Å². The summed E-state index contributed by atoms with van der Waals surface area (Å²) in [6.07, 6.45) is 8.37. The van der Waals surface area contributed by atoms with Crippen molar-refractivity contribution in [3.8, 4) is 0 Å². The van der Waals surface area contributed by atoms with E-state index in [1.807, 2.05) is 0 Å². The molecule has 0 aromatic heterocycles. The van der Waals surface area contributed by atoms with Crippen LogP contribution in [-0.4, -0.2) is 12.6 Å². The first kappa shape index (κ1) is 16.3. The first-order chi connectivity index (χ1) is 9.65. The van der Waals surface area contributed by atoms with Crippen LogP contribution in [0.4, 0.5) is 0 Å². The van der Waals surface area contributed by atoms with Gasteiger partial charge in [0.1, 0.15) is 0 Å². The highest BCUT2D eigenvalue weighted by Crippen LogP contribution is 2.31. The maximum absolute atomic E-state index is 3.67. The summed E-state index contributed by atoms with van der Waals surface area (Å²) in [7, 11) is 0. The monoisotopic (exact) mass is 385 g/mol. The number of nitrogens with one attached hydrogen (secondary N) is 1. The number of halogens is 1. The lowest BCUT2D eigenvalue weighted by Crippen LogP contribution is -2.33. The van der Waals surface area contributed by atoms with Gasteiger partial charge in [-0.1, -0.05) is 45.2 Å². The molecule has 2 heteroatoms. The van der Waals surface area contributed by atoms with Gasteiger partial charge in [0.2, 0.25) is 0 Å². The summed E-state index contributed by atoms with van der Waals surface area (Å²) in [5.74, 6) is 1.72. The third-order valence-electron chi connectivity index (χ3n) is 4.52. The fraction of sp³-hybridized carbons (Fsp3) is 0.667. The second kappa shape index (κ2) is 8.38. The molecule has 2 rings (SSSR count). The standard InChI is InChI=1S/C18H28IN/c1-14(2)20-13-17-7-5-3-4-6-16(17)12-15-8-10-18(19)11-9-15/h8-11,14,16-17,20H,3-7,12-13H2,1-2H3. The van der Waals surface area contributed by atoms with Crippen molar-refractivity contribution in [3.63, 3.8) is 0 Å². The van der Waals surface area contributed by atoms with E-state index >= 15 is 0 Å². The lowest BCUT2D eigenvalue weighted by Gasteiger charge is -2.26. The quantitative estimate of drug-likeness (QED) is 0.554. The largest absolute Gasteiger partial charge is 0.314 e. The van der Waals surface area contributed by atoms with Crippen molar-refractivity contribution in [3.05, 3.63) is 33.4 Å². The van der Waals surface area contributed by atoms with Crippen LogP contribution in [0.2, 0.25) is 0 Å². The molecular weight excluding hydrogens is 357 g/mol. The Morgan fingerprint density at radius 1 is 1.05 bits per heavy atom. The van der Waals surface area contributed by atoms with Crippen LogP contribution in [0.15, 0.2) is 24.3 Å². The molecule has 1 aromatic carbocycles. The number of hydrogen-bond donors (Lipinski definition) is 1. The molecule has 2 atom stereocenters. The third-order valence-corrected chi connectivity index (χ3v) is 5.24. The zero-order valence-corrected chi connectivity index (χ0v) is 15.0. The molecule has 1 aromatic rings. The van der Waals surface area contributed by atoms with Crippen LogP contribution in [0.1, 0.15) is 51.5 Å². The molecule has 1 aliphatic carbocycles. The van der Waals surface area contributed by atoms with Crippen LogP contribution in [0, 0.1) is 15.4 Å². The highest BCUT2D eigenvalue weighted by molar-refractivity contribution is 14.1. The lowest BCUT2D eigenvalue weighted by molar-refractivity contribution is 0.291. The molecule has 1 aliphatic rings. The second-order valence-corrected chi connectivity index (χ2v) is 7.80. The van der Waals surface area contributed by atoms with Crippen molar-refractivity contribution >= 4 is 22.6 Å². The smallest absolute Gasteiger partial charge is 0.0130 e. The molecule has 0 heterocycles. The van der Waals surface area contributed by atoms with Crippen molar-refractivity contribution in [2.75, 3.05) is 6.54 Å². The average molecular weight is 385 g/mol. The Balaban J connectivity index is 1.98. The minimum atomic E-state index is 0.609. The summed E-state index contributed by atoms with van der Waals surface area (Å²) in [6.45, 7) is 5.71. The Labute approximate surface area is 138 Å². The zero-order valence-electron chi connectivity index (χ0n) is 12.9. The molecule has 112 valence electrons. The Morgan fingerprint density at radius 3 is 2.35 bits per heavy atom. The minimum absolute atomic E-state index is 0.609. The molecule has 0 spiro atoms. The average Bonchev–Trinajstić information content (AvgIpc) is 2.64.